The molecule has 0 saturated heterocycles. The summed E-state index contributed by atoms with van der Waals surface area (Å²) in [5.74, 6) is 0. The van der Waals surface area contributed by atoms with Gasteiger partial charge in [0.15, 0.2) is 0 Å². The minimum absolute atomic E-state index is 0.128. The third-order valence-electron chi connectivity index (χ3n) is 1.00. The molecule has 4 heteroatoms. The van der Waals surface area contributed by atoms with Crippen molar-refractivity contribution >= 4 is 0 Å². The van der Waals surface area contributed by atoms with Crippen LogP contribution in [0.15, 0.2) is 0 Å². The molecule has 1 unspecified atom stereocenters. The Morgan fingerprint density at radius 2 is 2.44 bits per heavy atom. The number of halogens is 1. The van der Waals surface area contributed by atoms with Crippen LogP contribution in [0, 0.1) is 16.8 Å². The van der Waals surface area contributed by atoms with E-state index < -0.39 is 11.0 Å². The van der Waals surface area contributed by atoms with E-state index in [0.717, 1.165) is 0 Å². The van der Waals surface area contributed by atoms with Crippen LogP contribution in [0.4, 0.5) is 4.39 Å². The summed E-state index contributed by atoms with van der Waals surface area (Å²) < 4.78 is 11.5. The van der Waals surface area contributed by atoms with E-state index in [1.807, 2.05) is 0 Å². The Kier molecular flexibility index (Phi) is 3.92. The smallest absolute Gasteiger partial charge is 0.247 e. The lowest BCUT2D eigenvalue weighted by Gasteiger charge is -1.99. The highest BCUT2D eigenvalue weighted by atomic mass is 19.1. The predicted molar refractivity (Wildman–Crippen MR) is 31.1 cm³/mol. The number of hydrogen-bond acceptors (Lipinski definition) is 2. The number of rotatable bonds is 4. The molecule has 0 aliphatic carbocycles. The largest absolute Gasteiger partial charge is 0.264 e. The summed E-state index contributed by atoms with van der Waals surface area (Å²) in [5, 5.41) is 9.85. The van der Waals surface area contributed by atoms with Gasteiger partial charge in [0, 0.05) is 11.3 Å². The summed E-state index contributed by atoms with van der Waals surface area (Å²) in [6.07, 6.45) is 0.912. The summed E-state index contributed by atoms with van der Waals surface area (Å²) in [7, 11) is 0. The minimum atomic E-state index is -1.10. The molecule has 0 rings (SSSR count). The molecule has 0 bridgehead atoms. The maximum absolute atomic E-state index is 11.5. The van der Waals surface area contributed by atoms with Crippen LogP contribution in [-0.4, -0.2) is 11.0 Å². The minimum Gasteiger partial charge on any atom is -0.264 e. The van der Waals surface area contributed by atoms with Crippen LogP contribution in [-0.2, 0) is 0 Å². The molecule has 0 aromatic carbocycles. The van der Waals surface area contributed by atoms with Gasteiger partial charge in [0.1, 0.15) is 0 Å². The van der Waals surface area contributed by atoms with E-state index >= 15 is 0 Å². The lowest BCUT2D eigenvalue weighted by Crippen LogP contribution is -2.17. The average molecular weight is 134 g/mol. The van der Waals surface area contributed by atoms with Gasteiger partial charge in [-0.3, -0.25) is 10.1 Å². The van der Waals surface area contributed by atoms with Crippen molar-refractivity contribution in [2.75, 3.05) is 0 Å². The first kappa shape index (κ1) is 8.33. The fourth-order valence-electron chi connectivity index (χ4n) is 0.510. The summed E-state index contributed by atoms with van der Waals surface area (Å²) in [6, 6.07) is -1.10. The highest BCUT2D eigenvalue weighted by Crippen LogP contribution is 2.04. The second-order valence-corrected chi connectivity index (χ2v) is 1.77. The first-order valence-corrected chi connectivity index (χ1v) is 2.79. The maximum Gasteiger partial charge on any atom is 0.247 e. The molecule has 0 aliphatic rings. The van der Waals surface area contributed by atoms with Crippen LogP contribution in [0.25, 0.3) is 0 Å². The van der Waals surface area contributed by atoms with Crippen molar-refractivity contribution < 1.29 is 9.31 Å². The fraction of sp³-hybridized carbons (Fsp3) is 0.800. The van der Waals surface area contributed by atoms with Gasteiger partial charge in [-0.25, -0.2) is 4.39 Å². The normalized spacial score (nSPS) is 13.1. The first-order valence-electron chi connectivity index (χ1n) is 2.79. The summed E-state index contributed by atoms with van der Waals surface area (Å²) in [6.45, 7) is 1.91. The third kappa shape index (κ3) is 3.00. The molecule has 0 spiro atoms. The van der Waals surface area contributed by atoms with Gasteiger partial charge in [-0.05, 0) is 6.42 Å². The Balaban J connectivity index is 3.54. The molecule has 0 N–H and O–H groups in total. The van der Waals surface area contributed by atoms with Gasteiger partial charge >= 0.3 is 0 Å². The van der Waals surface area contributed by atoms with Crippen molar-refractivity contribution in [1.82, 2.24) is 0 Å². The Morgan fingerprint density at radius 3 is 2.56 bits per heavy atom. The standard InChI is InChI=1S/C5H9FNO2/c1-2-3-5(4-6)7(8)9/h4-5H,2-3H2,1H3. The van der Waals surface area contributed by atoms with E-state index in [2.05, 4.69) is 0 Å². The molecular weight excluding hydrogens is 125 g/mol. The monoisotopic (exact) mass is 134 g/mol. The topological polar surface area (TPSA) is 43.1 Å². The molecule has 0 fully saturated rings. The van der Waals surface area contributed by atoms with Crippen molar-refractivity contribution in [3.05, 3.63) is 16.8 Å². The van der Waals surface area contributed by atoms with Gasteiger partial charge in [-0.2, -0.15) is 0 Å². The molecule has 0 aromatic rings. The fourth-order valence-corrected chi connectivity index (χ4v) is 0.510. The quantitative estimate of drug-likeness (QED) is 0.432. The highest BCUT2D eigenvalue weighted by molar-refractivity contribution is 4.63. The second kappa shape index (κ2) is 4.23. The number of nitro groups is 1. The van der Waals surface area contributed by atoms with Crippen LogP contribution >= 0.6 is 0 Å². The van der Waals surface area contributed by atoms with E-state index in [-0.39, 0.29) is 13.1 Å². The van der Waals surface area contributed by atoms with Crippen LogP contribution in [0.2, 0.25) is 0 Å². The molecule has 53 valence electrons. The van der Waals surface area contributed by atoms with Crippen molar-refractivity contribution in [2.45, 2.75) is 25.8 Å². The van der Waals surface area contributed by atoms with Crippen LogP contribution in [0.1, 0.15) is 19.8 Å². The summed E-state index contributed by atoms with van der Waals surface area (Å²) in [4.78, 5) is 9.23. The predicted octanol–water partition coefficient (Wildman–Crippen LogP) is 1.56. The van der Waals surface area contributed by atoms with Crippen LogP contribution < -0.4 is 0 Å². The second-order valence-electron chi connectivity index (χ2n) is 1.77. The zero-order chi connectivity index (χ0) is 7.28. The number of nitrogens with zero attached hydrogens (tertiary/aromatic N) is 1. The van der Waals surface area contributed by atoms with E-state index in [1.165, 1.54) is 0 Å². The Morgan fingerprint density at radius 1 is 1.89 bits per heavy atom. The van der Waals surface area contributed by atoms with Crippen molar-refractivity contribution in [3.63, 3.8) is 0 Å². The zero-order valence-corrected chi connectivity index (χ0v) is 5.21. The van der Waals surface area contributed by atoms with Crippen molar-refractivity contribution in [1.29, 1.82) is 0 Å². The van der Waals surface area contributed by atoms with E-state index in [0.29, 0.717) is 6.42 Å². The van der Waals surface area contributed by atoms with Crippen molar-refractivity contribution in [3.8, 4) is 0 Å². The van der Waals surface area contributed by atoms with Gasteiger partial charge in [-0.15, -0.1) is 0 Å². The van der Waals surface area contributed by atoms with Gasteiger partial charge in [-0.1, -0.05) is 6.92 Å². The molecule has 0 heterocycles. The van der Waals surface area contributed by atoms with E-state index in [9.17, 15) is 14.5 Å². The molecular formula is C5H9FNO2. The van der Waals surface area contributed by atoms with Gasteiger partial charge in [0.05, 0.1) is 0 Å². The molecule has 0 saturated carbocycles. The zero-order valence-electron chi connectivity index (χ0n) is 5.21. The molecule has 0 aromatic heterocycles. The summed E-state index contributed by atoms with van der Waals surface area (Å²) >= 11 is 0. The van der Waals surface area contributed by atoms with E-state index in [4.69, 9.17) is 0 Å². The molecule has 9 heavy (non-hydrogen) atoms. The molecule has 0 aliphatic heterocycles. The Labute approximate surface area is 53.0 Å². The molecule has 0 amide bonds. The third-order valence-corrected chi connectivity index (χ3v) is 1.00. The number of hydrogen-bond donors (Lipinski definition) is 0. The average Bonchev–Trinajstić information content (AvgIpc) is 1.82. The molecule has 1 atom stereocenters. The lowest BCUT2D eigenvalue weighted by atomic mass is 10.2. The van der Waals surface area contributed by atoms with E-state index in [1.54, 1.807) is 6.92 Å². The van der Waals surface area contributed by atoms with Crippen molar-refractivity contribution in [2.24, 2.45) is 0 Å². The SMILES string of the molecule is CCCC([CH]F)[N+](=O)[O-]. The summed E-state index contributed by atoms with van der Waals surface area (Å²) in [5.41, 5.74) is 0. The molecule has 1 radical (unpaired) electrons. The van der Waals surface area contributed by atoms with Crippen LogP contribution in [0.3, 0.4) is 0 Å². The van der Waals surface area contributed by atoms with Gasteiger partial charge in [0.2, 0.25) is 12.7 Å². The lowest BCUT2D eigenvalue weighted by molar-refractivity contribution is -0.517. The first-order chi connectivity index (χ1) is 4.22. The molecule has 3 nitrogen and oxygen atoms in total. The van der Waals surface area contributed by atoms with Gasteiger partial charge in [0.25, 0.3) is 0 Å². The Hall–Kier alpha value is -0.670. The Bertz CT molecular complexity index is 97.0. The maximum atomic E-state index is 11.5. The highest BCUT2D eigenvalue weighted by Gasteiger charge is 2.18. The van der Waals surface area contributed by atoms with Gasteiger partial charge < -0.3 is 0 Å². The van der Waals surface area contributed by atoms with Crippen LogP contribution in [0.5, 0.6) is 0 Å².